The first kappa shape index (κ1) is 7.62. The van der Waals surface area contributed by atoms with Gasteiger partial charge in [-0.25, -0.2) is 0 Å². The van der Waals surface area contributed by atoms with Gasteiger partial charge in [0.2, 0.25) is 0 Å². The lowest BCUT2D eigenvalue weighted by Gasteiger charge is -2.02. The first-order valence-electron chi connectivity index (χ1n) is 2.96. The van der Waals surface area contributed by atoms with Gasteiger partial charge in [-0.15, -0.1) is 0 Å². The predicted molar refractivity (Wildman–Crippen MR) is 39.1 cm³/mol. The number of aromatic hydroxyl groups is 1. The van der Waals surface area contributed by atoms with Crippen molar-refractivity contribution in [1.29, 1.82) is 0 Å². The lowest BCUT2D eigenvalue weighted by molar-refractivity contribution is 0.274. The number of pyridine rings is 1. The van der Waals surface area contributed by atoms with Crippen LogP contribution in [0.25, 0.3) is 0 Å². The molecular weight excluding hydrogens is 148 g/mol. The highest BCUT2D eigenvalue weighted by atomic mass is 16.3. The summed E-state index contributed by atoms with van der Waals surface area (Å²) in [5.74, 6) is -0.377. The van der Waals surface area contributed by atoms with Crippen LogP contribution in [0.3, 0.4) is 0 Å². The molecular formula is C6H8N2O3. The number of nitrogens with one attached hydrogen (secondary N) is 1. The van der Waals surface area contributed by atoms with Gasteiger partial charge in [0.1, 0.15) is 0 Å². The molecule has 5 heteroatoms. The summed E-state index contributed by atoms with van der Waals surface area (Å²) in [4.78, 5) is 12.7. The minimum atomic E-state index is -0.489. The van der Waals surface area contributed by atoms with Gasteiger partial charge in [-0.1, -0.05) is 0 Å². The molecule has 0 atom stereocenters. The zero-order valence-corrected chi connectivity index (χ0v) is 5.66. The van der Waals surface area contributed by atoms with Crippen molar-refractivity contribution in [2.75, 3.05) is 5.73 Å². The lowest BCUT2D eigenvalue weighted by atomic mass is 10.2. The third kappa shape index (κ3) is 1.32. The molecule has 0 aliphatic heterocycles. The SMILES string of the molecule is Nc1cc(=O)[nH]c(O)c1CO. The lowest BCUT2D eigenvalue weighted by Crippen LogP contribution is -2.08. The van der Waals surface area contributed by atoms with E-state index < -0.39 is 12.2 Å². The third-order valence-corrected chi connectivity index (χ3v) is 1.32. The van der Waals surface area contributed by atoms with Crippen LogP contribution in [-0.4, -0.2) is 15.2 Å². The van der Waals surface area contributed by atoms with Gasteiger partial charge < -0.3 is 15.9 Å². The molecule has 11 heavy (non-hydrogen) atoms. The Kier molecular flexibility index (Phi) is 1.82. The molecule has 0 aliphatic carbocycles. The van der Waals surface area contributed by atoms with Crippen LogP contribution in [0.2, 0.25) is 0 Å². The summed E-state index contributed by atoms with van der Waals surface area (Å²) in [7, 11) is 0. The van der Waals surface area contributed by atoms with Crippen LogP contribution in [0.5, 0.6) is 5.88 Å². The van der Waals surface area contributed by atoms with Gasteiger partial charge in [0.25, 0.3) is 5.56 Å². The molecule has 0 bridgehead atoms. The fourth-order valence-electron chi connectivity index (χ4n) is 0.759. The molecule has 5 N–H and O–H groups in total. The highest BCUT2D eigenvalue weighted by Crippen LogP contribution is 2.16. The van der Waals surface area contributed by atoms with Crippen molar-refractivity contribution >= 4 is 5.69 Å². The van der Waals surface area contributed by atoms with Crippen molar-refractivity contribution in [2.45, 2.75) is 6.61 Å². The second-order valence-corrected chi connectivity index (χ2v) is 2.07. The minimum absolute atomic E-state index is 0.0914. The van der Waals surface area contributed by atoms with E-state index in [4.69, 9.17) is 15.9 Å². The summed E-state index contributed by atoms with van der Waals surface area (Å²) in [6, 6.07) is 1.10. The molecule has 0 spiro atoms. The number of H-pyrrole nitrogens is 1. The van der Waals surface area contributed by atoms with Crippen LogP contribution in [0.1, 0.15) is 5.56 Å². The summed E-state index contributed by atoms with van der Waals surface area (Å²) < 4.78 is 0. The summed E-state index contributed by atoms with van der Waals surface area (Å²) in [6.45, 7) is -0.394. The zero-order valence-electron chi connectivity index (χ0n) is 5.66. The Morgan fingerprint density at radius 2 is 2.27 bits per heavy atom. The van der Waals surface area contributed by atoms with E-state index in [1.54, 1.807) is 0 Å². The Labute approximate surface area is 62.1 Å². The van der Waals surface area contributed by atoms with E-state index in [0.29, 0.717) is 0 Å². The zero-order chi connectivity index (χ0) is 8.43. The third-order valence-electron chi connectivity index (χ3n) is 1.32. The van der Waals surface area contributed by atoms with Crippen LogP contribution in [0.15, 0.2) is 10.9 Å². The highest BCUT2D eigenvalue weighted by Gasteiger charge is 2.04. The van der Waals surface area contributed by atoms with Gasteiger partial charge in [-0.2, -0.15) is 0 Å². The van der Waals surface area contributed by atoms with Crippen LogP contribution < -0.4 is 11.3 Å². The van der Waals surface area contributed by atoms with E-state index in [9.17, 15) is 4.79 Å². The van der Waals surface area contributed by atoms with E-state index in [2.05, 4.69) is 4.98 Å². The second-order valence-electron chi connectivity index (χ2n) is 2.07. The number of hydrogen-bond donors (Lipinski definition) is 4. The quantitative estimate of drug-likeness (QED) is 0.425. The molecule has 0 unspecified atom stereocenters. The van der Waals surface area contributed by atoms with Crippen LogP contribution >= 0.6 is 0 Å². The molecule has 60 valence electrons. The number of aliphatic hydroxyl groups excluding tert-OH is 1. The Morgan fingerprint density at radius 3 is 2.73 bits per heavy atom. The van der Waals surface area contributed by atoms with E-state index in [-0.39, 0.29) is 17.1 Å². The summed E-state index contributed by atoms with van der Waals surface area (Å²) in [5.41, 5.74) is 5.04. The number of aliphatic hydroxyl groups is 1. The smallest absolute Gasteiger partial charge is 0.252 e. The normalized spacial score (nSPS) is 9.91. The standard InChI is InChI=1S/C6H8N2O3/c7-4-1-5(10)8-6(11)3(4)2-9/h1,9H,2H2,(H4,7,8,10,11). The Bertz CT molecular complexity index is 292. The molecule has 0 radical (unpaired) electrons. The van der Waals surface area contributed by atoms with Gasteiger partial charge in [-0.05, 0) is 0 Å². The number of nitrogens with two attached hydrogens (primary N) is 1. The fraction of sp³-hybridized carbons (Fsp3) is 0.167. The maximum atomic E-state index is 10.6. The molecule has 0 saturated carbocycles. The number of aromatic amines is 1. The number of nitrogen functional groups attached to an aromatic ring is 1. The van der Waals surface area contributed by atoms with E-state index in [0.717, 1.165) is 6.07 Å². The topological polar surface area (TPSA) is 99.3 Å². The van der Waals surface area contributed by atoms with Crippen LogP contribution in [-0.2, 0) is 6.61 Å². The van der Waals surface area contributed by atoms with Gasteiger partial charge in [0.15, 0.2) is 5.88 Å². The number of anilines is 1. The molecule has 0 aliphatic rings. The van der Waals surface area contributed by atoms with Crippen molar-refractivity contribution in [1.82, 2.24) is 4.98 Å². The molecule has 0 saturated heterocycles. The molecule has 0 aromatic carbocycles. The molecule has 1 heterocycles. The van der Waals surface area contributed by atoms with Gasteiger partial charge in [0.05, 0.1) is 12.2 Å². The predicted octanol–water partition coefficient (Wildman–Crippen LogP) is -0.845. The minimum Gasteiger partial charge on any atom is -0.494 e. The van der Waals surface area contributed by atoms with Crippen molar-refractivity contribution in [2.24, 2.45) is 0 Å². The van der Waals surface area contributed by atoms with Crippen LogP contribution in [0, 0.1) is 0 Å². The van der Waals surface area contributed by atoms with Crippen molar-refractivity contribution in [3.05, 3.63) is 22.0 Å². The van der Waals surface area contributed by atoms with Gasteiger partial charge in [0, 0.05) is 11.8 Å². The van der Waals surface area contributed by atoms with E-state index in [1.165, 1.54) is 0 Å². The van der Waals surface area contributed by atoms with E-state index in [1.807, 2.05) is 0 Å². The second kappa shape index (κ2) is 2.63. The average Bonchev–Trinajstić information content (AvgIpc) is 1.85. The largest absolute Gasteiger partial charge is 0.494 e. The van der Waals surface area contributed by atoms with Gasteiger partial charge >= 0.3 is 0 Å². The molecule has 1 rings (SSSR count). The highest BCUT2D eigenvalue weighted by molar-refractivity contribution is 5.49. The van der Waals surface area contributed by atoms with Crippen molar-refractivity contribution in [3.8, 4) is 5.88 Å². The monoisotopic (exact) mass is 156 g/mol. The molecule has 0 amide bonds. The summed E-state index contributed by atoms with van der Waals surface area (Å²) in [6.07, 6.45) is 0. The number of hydrogen-bond acceptors (Lipinski definition) is 4. The Balaban J connectivity index is 3.36. The first-order valence-corrected chi connectivity index (χ1v) is 2.96. The van der Waals surface area contributed by atoms with Crippen LogP contribution in [0.4, 0.5) is 5.69 Å². The maximum Gasteiger partial charge on any atom is 0.252 e. The van der Waals surface area contributed by atoms with Crippen molar-refractivity contribution < 1.29 is 10.2 Å². The van der Waals surface area contributed by atoms with E-state index >= 15 is 0 Å². The maximum absolute atomic E-state index is 10.6. The Hall–Kier alpha value is -1.49. The Morgan fingerprint density at radius 1 is 1.64 bits per heavy atom. The average molecular weight is 156 g/mol. The fourth-order valence-corrected chi connectivity index (χ4v) is 0.759. The number of aromatic nitrogens is 1. The molecule has 1 aromatic rings. The molecule has 1 aromatic heterocycles. The van der Waals surface area contributed by atoms with Gasteiger partial charge in [-0.3, -0.25) is 9.78 Å². The van der Waals surface area contributed by atoms with Crippen molar-refractivity contribution in [3.63, 3.8) is 0 Å². The first-order chi connectivity index (χ1) is 5.15. The molecule has 5 nitrogen and oxygen atoms in total. The summed E-state index contributed by atoms with van der Waals surface area (Å²) >= 11 is 0. The summed E-state index contributed by atoms with van der Waals surface area (Å²) in [5, 5.41) is 17.6. The molecule has 0 fully saturated rings. The number of rotatable bonds is 1.